The lowest BCUT2D eigenvalue weighted by Gasteiger charge is -2.36. The molecule has 15 nitrogen and oxygen atoms in total. The molecular formula is C43H58F2N6O9S. The molecule has 9 atom stereocenters. The molecule has 2 aromatic rings. The summed E-state index contributed by atoms with van der Waals surface area (Å²) in [4.78, 5) is 68.2. The van der Waals surface area contributed by atoms with Gasteiger partial charge >= 0.3 is 6.09 Å². The second-order valence-electron chi connectivity index (χ2n) is 18.7. The van der Waals surface area contributed by atoms with Gasteiger partial charge in [-0.15, -0.1) is 6.58 Å². The van der Waals surface area contributed by atoms with Crippen LogP contribution in [0, 0.1) is 29.1 Å². The molecule has 1 aromatic carbocycles. The summed E-state index contributed by atoms with van der Waals surface area (Å²) in [5, 5.41) is 4.68. The predicted octanol–water partition coefficient (Wildman–Crippen LogP) is 5.21. The number of amides is 4. The maximum atomic E-state index is 15.0. The van der Waals surface area contributed by atoms with Crippen LogP contribution in [0.2, 0.25) is 0 Å². The number of rotatable bonds is 9. The van der Waals surface area contributed by atoms with Crippen LogP contribution in [0.25, 0.3) is 11.0 Å². The van der Waals surface area contributed by atoms with E-state index in [1.54, 1.807) is 39.8 Å². The first kappa shape index (κ1) is 44.4. The van der Waals surface area contributed by atoms with Gasteiger partial charge in [0.25, 0.3) is 5.91 Å². The number of fused-ring (bicyclic) bond motifs is 5. The Hall–Kier alpha value is -4.61. The van der Waals surface area contributed by atoms with Crippen molar-refractivity contribution in [3.63, 3.8) is 0 Å². The first-order valence-electron chi connectivity index (χ1n) is 21.4. The van der Waals surface area contributed by atoms with Crippen molar-refractivity contribution in [1.29, 1.82) is 0 Å². The van der Waals surface area contributed by atoms with E-state index in [9.17, 15) is 36.4 Å². The Balaban J connectivity index is 1.26. The van der Waals surface area contributed by atoms with E-state index >= 15 is 0 Å². The third kappa shape index (κ3) is 9.58. The van der Waals surface area contributed by atoms with Crippen LogP contribution in [0.15, 0.2) is 30.9 Å². The summed E-state index contributed by atoms with van der Waals surface area (Å²) in [6.07, 6.45) is 1.95. The number of halogens is 2. The van der Waals surface area contributed by atoms with Gasteiger partial charge in [0, 0.05) is 18.4 Å². The summed E-state index contributed by atoms with van der Waals surface area (Å²) in [5.74, 6) is -3.44. The van der Waals surface area contributed by atoms with Gasteiger partial charge in [-0.3, -0.25) is 19.1 Å². The van der Waals surface area contributed by atoms with Crippen molar-refractivity contribution >= 4 is 44.9 Å². The van der Waals surface area contributed by atoms with E-state index in [-0.39, 0.29) is 30.7 Å². The molecule has 7 rings (SSSR count). The number of benzene rings is 1. The number of aryl methyl sites for hydroxylation is 1. The van der Waals surface area contributed by atoms with Gasteiger partial charge in [-0.2, -0.15) is 0 Å². The average molecular weight is 873 g/mol. The zero-order valence-electron chi connectivity index (χ0n) is 35.5. The second-order valence-corrected chi connectivity index (χ2v) is 20.6. The van der Waals surface area contributed by atoms with Gasteiger partial charge in [0.1, 0.15) is 41.3 Å². The lowest BCUT2D eigenvalue weighted by Crippen LogP contribution is -2.61. The molecule has 0 unspecified atom stereocenters. The molecule has 3 N–H and O–H groups in total. The van der Waals surface area contributed by atoms with Gasteiger partial charge in [0.15, 0.2) is 0 Å². The molecule has 3 aliphatic carbocycles. The van der Waals surface area contributed by atoms with Crippen LogP contribution in [-0.4, -0.2) is 102 Å². The molecule has 1 saturated heterocycles. The first-order chi connectivity index (χ1) is 28.8. The molecule has 0 spiro atoms. The number of hydrogen-bond donors (Lipinski definition) is 3. The van der Waals surface area contributed by atoms with Crippen molar-refractivity contribution in [3.05, 3.63) is 36.5 Å². The van der Waals surface area contributed by atoms with E-state index in [1.807, 2.05) is 16.9 Å². The molecular weight excluding hydrogens is 815 g/mol. The minimum absolute atomic E-state index is 0.0825. The first-order valence-corrected chi connectivity index (χ1v) is 23.0. The van der Waals surface area contributed by atoms with Crippen LogP contribution in [0.3, 0.4) is 0 Å². The summed E-state index contributed by atoms with van der Waals surface area (Å²) in [6, 6.07) is 2.76. The minimum atomic E-state index is -4.10. The molecule has 3 saturated carbocycles. The fourth-order valence-electron chi connectivity index (χ4n) is 9.34. The van der Waals surface area contributed by atoms with Crippen molar-refractivity contribution in [2.24, 2.45) is 29.1 Å². The predicted molar refractivity (Wildman–Crippen MR) is 220 cm³/mol. The highest BCUT2D eigenvalue weighted by Gasteiger charge is 2.64. The van der Waals surface area contributed by atoms with Crippen molar-refractivity contribution < 1.29 is 50.6 Å². The molecule has 18 heteroatoms. The molecule has 61 heavy (non-hydrogen) atoms. The molecule has 4 fully saturated rings. The number of aromatic nitrogens is 2. The third-order valence-electron chi connectivity index (χ3n) is 13.2. The Bertz CT molecular complexity index is 2150. The number of sulfonamides is 1. The maximum absolute atomic E-state index is 15.0. The Labute approximate surface area is 355 Å². The summed E-state index contributed by atoms with van der Waals surface area (Å²) >= 11 is 0. The summed E-state index contributed by atoms with van der Waals surface area (Å²) in [7, 11) is -2.56. The van der Waals surface area contributed by atoms with Crippen LogP contribution in [0.5, 0.6) is 11.6 Å². The van der Waals surface area contributed by atoms with E-state index < -0.39 is 99.0 Å². The zero-order chi connectivity index (χ0) is 44.0. The van der Waals surface area contributed by atoms with Gasteiger partial charge in [-0.25, -0.2) is 32.0 Å². The lowest BCUT2D eigenvalue weighted by molar-refractivity contribution is -0.143. The molecule has 0 radical (unpaired) electrons. The highest BCUT2D eigenvalue weighted by molar-refractivity contribution is 7.91. The number of methoxy groups -OCH3 is 1. The lowest BCUT2D eigenvalue weighted by atomic mass is 9.85. The SMILES string of the molecule is C=C[C@@H]1C[C@H]2CCCCCc3nc4ccc(OC)cc4nc3O[C@H]3CN(C(=O)[C@H](C(C)(C)C)NC(=O)O[C@@H]2C1)[C@H](C(=O)N[C@]1(C(=O)NS(=O)(=O)C2CC2)C[C@H]1CC(F)F)[C@@H]3C. The molecule has 2 bridgehead atoms. The molecule has 334 valence electrons. The van der Waals surface area contributed by atoms with Crippen LogP contribution in [0.1, 0.15) is 97.6 Å². The van der Waals surface area contributed by atoms with Crippen LogP contribution >= 0.6 is 0 Å². The van der Waals surface area contributed by atoms with Crippen molar-refractivity contribution in [1.82, 2.24) is 30.2 Å². The van der Waals surface area contributed by atoms with Crippen molar-refractivity contribution in [3.8, 4) is 11.6 Å². The zero-order valence-corrected chi connectivity index (χ0v) is 36.3. The fourth-order valence-corrected chi connectivity index (χ4v) is 10.7. The quantitative estimate of drug-likeness (QED) is 0.280. The Morgan fingerprint density at radius 3 is 2.51 bits per heavy atom. The van der Waals surface area contributed by atoms with E-state index in [4.69, 9.17) is 24.2 Å². The smallest absolute Gasteiger partial charge is 0.408 e. The number of alkyl halides is 2. The van der Waals surface area contributed by atoms with Crippen molar-refractivity contribution in [2.75, 3.05) is 13.7 Å². The van der Waals surface area contributed by atoms with Crippen LogP contribution < -0.4 is 24.8 Å². The molecule has 3 heterocycles. The van der Waals surface area contributed by atoms with E-state index in [0.717, 1.165) is 32.1 Å². The maximum Gasteiger partial charge on any atom is 0.408 e. The van der Waals surface area contributed by atoms with Gasteiger partial charge in [-0.1, -0.05) is 46.6 Å². The minimum Gasteiger partial charge on any atom is -0.497 e. The molecule has 1 aromatic heterocycles. The highest BCUT2D eigenvalue weighted by Crippen LogP contribution is 2.48. The standard InChI is InChI=1S/C43H58F2N6O9S/c1-7-24-17-25-11-9-8-10-12-30-38(47-31-20-27(58-6)13-16-29(31)46-30)59-33-22-51(39(53)36(42(3,4)5)48-41(55)60-32(25)18-24)35(23(33)2)37(52)49-43(21-26(43)19-34(44)45)40(54)50-61(56,57)28-14-15-28/h7,13,16,20,23-26,28,32-36H,1,8-12,14-15,17-19,21-22H2,2-6H3,(H,48,55)(H,49,52)(H,50,54)/t23-,24-,25-,26-,32-,33+,35+,36-,43-/m1/s1. The molecule has 2 aliphatic heterocycles. The fraction of sp³-hybridized carbons (Fsp3) is 0.674. The van der Waals surface area contributed by atoms with E-state index in [2.05, 4.69) is 17.2 Å². The van der Waals surface area contributed by atoms with Crippen LogP contribution in [-0.2, 0) is 35.6 Å². The van der Waals surface area contributed by atoms with Crippen LogP contribution in [0.4, 0.5) is 13.6 Å². The highest BCUT2D eigenvalue weighted by atomic mass is 32.2. The third-order valence-corrected chi connectivity index (χ3v) is 15.0. The van der Waals surface area contributed by atoms with Gasteiger partial charge < -0.3 is 29.7 Å². The summed E-state index contributed by atoms with van der Waals surface area (Å²) < 4.78 is 73.5. The van der Waals surface area contributed by atoms with E-state index in [0.29, 0.717) is 48.2 Å². The van der Waals surface area contributed by atoms with Crippen molar-refractivity contribution in [2.45, 2.75) is 140 Å². The number of carbonyl (C=O) groups excluding carboxylic acids is 4. The number of nitrogens with one attached hydrogen (secondary N) is 3. The summed E-state index contributed by atoms with van der Waals surface area (Å²) in [5.41, 5.74) is -1.16. The number of hydrogen-bond acceptors (Lipinski definition) is 11. The van der Waals surface area contributed by atoms with Gasteiger partial charge in [0.2, 0.25) is 34.1 Å². The average Bonchev–Trinajstić information content (AvgIpc) is 4.10. The Morgan fingerprint density at radius 1 is 1.08 bits per heavy atom. The normalized spacial score (nSPS) is 31.1. The second kappa shape index (κ2) is 17.3. The number of carbonyl (C=O) groups is 4. The number of ether oxygens (including phenoxy) is 3. The molecule has 5 aliphatic rings. The summed E-state index contributed by atoms with van der Waals surface area (Å²) in [6.45, 7) is 10.8. The largest absolute Gasteiger partial charge is 0.497 e. The number of alkyl carbamates (subject to hydrolysis) is 1. The van der Waals surface area contributed by atoms with E-state index in [1.165, 1.54) is 12.0 Å². The monoisotopic (exact) mass is 872 g/mol. The van der Waals surface area contributed by atoms with Gasteiger partial charge in [-0.05, 0) is 86.7 Å². The Morgan fingerprint density at radius 2 is 1.84 bits per heavy atom. The van der Waals surface area contributed by atoms with Gasteiger partial charge in [0.05, 0.1) is 29.9 Å². The number of allylic oxidation sites excluding steroid dienone is 1. The number of nitrogens with zero attached hydrogens (tertiary/aromatic N) is 3. The topological polar surface area (TPSA) is 195 Å². The molecule has 4 amide bonds. The Kier molecular flexibility index (Phi) is 12.6.